The summed E-state index contributed by atoms with van der Waals surface area (Å²) >= 11 is 11.8. The molecule has 1 aromatic heterocycles. The summed E-state index contributed by atoms with van der Waals surface area (Å²) in [5.41, 5.74) is 6.83. The zero-order chi connectivity index (χ0) is 18.9. The van der Waals surface area contributed by atoms with Crippen LogP contribution in [-0.4, -0.2) is 38.3 Å². The van der Waals surface area contributed by atoms with Crippen LogP contribution in [0.2, 0.25) is 10.0 Å². The lowest BCUT2D eigenvalue weighted by Crippen LogP contribution is -2.35. The first-order chi connectivity index (χ1) is 12.5. The predicted molar refractivity (Wildman–Crippen MR) is 121 cm³/mol. The van der Waals surface area contributed by atoms with Crippen LogP contribution in [0.5, 0.6) is 11.5 Å². The molecule has 4 N–H and O–H groups in total. The van der Waals surface area contributed by atoms with E-state index in [1.165, 1.54) is 6.20 Å². The van der Waals surface area contributed by atoms with Crippen molar-refractivity contribution in [3.63, 3.8) is 0 Å². The zero-order valence-corrected chi connectivity index (χ0v) is 18.8. The molecule has 0 bridgehead atoms. The predicted octanol–water partition coefficient (Wildman–Crippen LogP) is 3.54. The summed E-state index contributed by atoms with van der Waals surface area (Å²) in [5.74, 6) is 2.24. The normalized spacial score (nSPS) is 10.7. The highest BCUT2D eigenvalue weighted by Gasteiger charge is 2.04. The maximum absolute atomic E-state index is 6.04. The molecular weight excluding hydrogens is 504 g/mol. The molecule has 7 nitrogen and oxygen atoms in total. The number of aromatic nitrogens is 1. The van der Waals surface area contributed by atoms with Crippen molar-refractivity contribution in [1.82, 2.24) is 10.3 Å². The Labute approximate surface area is 185 Å². The number of pyridine rings is 1. The molecule has 0 saturated heterocycles. The van der Waals surface area contributed by atoms with Crippen molar-refractivity contribution < 1.29 is 9.47 Å². The van der Waals surface area contributed by atoms with Crippen LogP contribution >= 0.6 is 47.2 Å². The van der Waals surface area contributed by atoms with Crippen molar-refractivity contribution >= 4 is 59.0 Å². The van der Waals surface area contributed by atoms with Gasteiger partial charge in [-0.15, -0.1) is 24.0 Å². The van der Waals surface area contributed by atoms with E-state index in [0.29, 0.717) is 53.0 Å². The minimum Gasteiger partial charge on any atom is -0.493 e. The van der Waals surface area contributed by atoms with Crippen LogP contribution in [0.3, 0.4) is 0 Å². The minimum atomic E-state index is 0. The van der Waals surface area contributed by atoms with E-state index in [1.807, 2.05) is 18.2 Å². The second-order valence-corrected chi connectivity index (χ2v) is 6.07. The summed E-state index contributed by atoms with van der Waals surface area (Å²) in [5, 5.41) is 7.07. The van der Waals surface area contributed by atoms with E-state index < -0.39 is 0 Å². The molecule has 2 aromatic rings. The lowest BCUT2D eigenvalue weighted by molar-refractivity contribution is 0.354. The number of benzene rings is 1. The van der Waals surface area contributed by atoms with Crippen molar-refractivity contribution in [2.45, 2.75) is 6.54 Å². The number of anilines is 1. The third kappa shape index (κ3) is 7.47. The molecule has 0 aliphatic carbocycles. The molecule has 0 unspecified atom stereocenters. The highest BCUT2D eigenvalue weighted by Crippen LogP contribution is 2.27. The van der Waals surface area contributed by atoms with Crippen LogP contribution < -0.4 is 25.8 Å². The van der Waals surface area contributed by atoms with Gasteiger partial charge in [-0.1, -0.05) is 29.3 Å². The van der Waals surface area contributed by atoms with Crippen LogP contribution in [0.4, 0.5) is 5.82 Å². The molecule has 0 saturated carbocycles. The van der Waals surface area contributed by atoms with Crippen molar-refractivity contribution in [2.75, 3.05) is 32.6 Å². The van der Waals surface area contributed by atoms with Gasteiger partial charge in [0.2, 0.25) is 0 Å². The second-order valence-electron chi connectivity index (χ2n) is 5.23. The van der Waals surface area contributed by atoms with Gasteiger partial charge in [0.1, 0.15) is 5.82 Å². The van der Waals surface area contributed by atoms with E-state index in [-0.39, 0.29) is 24.0 Å². The van der Waals surface area contributed by atoms with Crippen LogP contribution in [0.25, 0.3) is 0 Å². The first kappa shape index (κ1) is 23.4. The summed E-state index contributed by atoms with van der Waals surface area (Å²) in [6.45, 7) is 1.56. The number of nitrogens with one attached hydrogen (secondary N) is 2. The molecule has 0 atom stereocenters. The number of halogens is 3. The Morgan fingerprint density at radius 3 is 2.56 bits per heavy atom. The van der Waals surface area contributed by atoms with Crippen molar-refractivity contribution in [3.05, 3.63) is 46.1 Å². The standard InChI is InChI=1S/C17H21Cl2N5O2.HI/c1-25-14-4-3-11(7-15(14)26-2)9-24-17(20)22-6-5-21-16-13(19)8-12(18)10-23-16;/h3-4,7-8,10H,5-6,9H2,1-2H3,(H,21,23)(H3,20,22,24);1H. The maximum Gasteiger partial charge on any atom is 0.188 e. The van der Waals surface area contributed by atoms with Crippen LogP contribution in [0.15, 0.2) is 35.5 Å². The molecule has 1 aromatic carbocycles. The number of hydrogen-bond donors (Lipinski definition) is 3. The first-order valence-corrected chi connectivity index (χ1v) is 8.58. The fourth-order valence-corrected chi connectivity index (χ4v) is 2.57. The number of aliphatic imine (C=N–C) groups is 1. The molecule has 27 heavy (non-hydrogen) atoms. The van der Waals surface area contributed by atoms with Gasteiger partial charge >= 0.3 is 0 Å². The van der Waals surface area contributed by atoms with E-state index in [9.17, 15) is 0 Å². The summed E-state index contributed by atoms with van der Waals surface area (Å²) in [6, 6.07) is 7.24. The number of nitrogens with two attached hydrogens (primary N) is 1. The van der Waals surface area contributed by atoms with Gasteiger partial charge in [0, 0.05) is 19.3 Å². The van der Waals surface area contributed by atoms with E-state index in [0.717, 1.165) is 5.56 Å². The monoisotopic (exact) mass is 525 g/mol. The second kappa shape index (κ2) is 11.9. The molecule has 0 aliphatic rings. The Bertz CT molecular complexity index is 777. The van der Waals surface area contributed by atoms with Gasteiger partial charge in [0.15, 0.2) is 17.5 Å². The Kier molecular flexibility index (Phi) is 10.3. The number of ether oxygens (including phenoxy) is 2. The van der Waals surface area contributed by atoms with Gasteiger partial charge in [-0.3, -0.25) is 0 Å². The summed E-state index contributed by atoms with van der Waals surface area (Å²) < 4.78 is 10.5. The smallest absolute Gasteiger partial charge is 0.188 e. The Balaban J connectivity index is 0.00000364. The average Bonchev–Trinajstić information content (AvgIpc) is 2.64. The fraction of sp³-hybridized carbons (Fsp3) is 0.294. The molecule has 0 fully saturated rings. The maximum atomic E-state index is 6.04. The number of nitrogens with zero attached hydrogens (tertiary/aromatic N) is 2. The lowest BCUT2D eigenvalue weighted by atomic mass is 10.2. The molecule has 0 amide bonds. The quantitative estimate of drug-likeness (QED) is 0.211. The molecule has 2 rings (SSSR count). The van der Waals surface area contributed by atoms with E-state index >= 15 is 0 Å². The molecule has 10 heteroatoms. The largest absolute Gasteiger partial charge is 0.493 e. The number of hydrogen-bond acceptors (Lipinski definition) is 5. The lowest BCUT2D eigenvalue weighted by Gasteiger charge is -2.10. The van der Waals surface area contributed by atoms with Crippen LogP contribution in [-0.2, 0) is 6.54 Å². The molecule has 0 radical (unpaired) electrons. The average molecular weight is 526 g/mol. The molecule has 0 spiro atoms. The first-order valence-electron chi connectivity index (χ1n) is 7.83. The van der Waals surface area contributed by atoms with Gasteiger partial charge in [-0.05, 0) is 23.8 Å². The molecular formula is C17H22Cl2IN5O2. The molecule has 1 heterocycles. The topological polar surface area (TPSA) is 93.8 Å². The zero-order valence-electron chi connectivity index (χ0n) is 15.0. The van der Waals surface area contributed by atoms with Gasteiger partial charge < -0.3 is 25.8 Å². The van der Waals surface area contributed by atoms with Crippen LogP contribution in [0.1, 0.15) is 5.56 Å². The Morgan fingerprint density at radius 2 is 1.89 bits per heavy atom. The third-order valence-electron chi connectivity index (χ3n) is 3.41. The van der Waals surface area contributed by atoms with Gasteiger partial charge in [-0.2, -0.15) is 0 Å². The highest BCUT2D eigenvalue weighted by molar-refractivity contribution is 14.0. The van der Waals surface area contributed by atoms with Gasteiger partial charge in [-0.25, -0.2) is 9.98 Å². The molecule has 0 aliphatic heterocycles. The summed E-state index contributed by atoms with van der Waals surface area (Å²) in [7, 11) is 3.19. The highest BCUT2D eigenvalue weighted by atomic mass is 127. The number of methoxy groups -OCH3 is 2. The van der Waals surface area contributed by atoms with E-state index in [4.69, 9.17) is 38.4 Å². The third-order valence-corrected chi connectivity index (χ3v) is 3.91. The van der Waals surface area contributed by atoms with Crippen molar-refractivity contribution in [3.8, 4) is 11.5 Å². The Hall–Kier alpha value is -1.65. The fourth-order valence-electron chi connectivity index (χ4n) is 2.13. The number of guanidine groups is 1. The van der Waals surface area contributed by atoms with Crippen LogP contribution in [0, 0.1) is 0 Å². The van der Waals surface area contributed by atoms with E-state index in [1.54, 1.807) is 20.3 Å². The minimum absolute atomic E-state index is 0. The van der Waals surface area contributed by atoms with Gasteiger partial charge in [0.25, 0.3) is 0 Å². The number of rotatable bonds is 8. The van der Waals surface area contributed by atoms with Crippen molar-refractivity contribution in [1.29, 1.82) is 0 Å². The van der Waals surface area contributed by atoms with E-state index in [2.05, 4.69) is 20.6 Å². The SMILES string of the molecule is COc1ccc(CN=C(N)NCCNc2ncc(Cl)cc2Cl)cc1OC.I. The summed E-state index contributed by atoms with van der Waals surface area (Å²) in [6.07, 6.45) is 1.53. The van der Waals surface area contributed by atoms with Gasteiger partial charge in [0.05, 0.1) is 30.8 Å². The van der Waals surface area contributed by atoms with Crippen molar-refractivity contribution in [2.24, 2.45) is 10.7 Å². The molecule has 148 valence electrons. The summed E-state index contributed by atoms with van der Waals surface area (Å²) in [4.78, 5) is 8.41. The Morgan fingerprint density at radius 1 is 1.15 bits per heavy atom.